The van der Waals surface area contributed by atoms with Crippen LogP contribution in [0, 0.1) is 16.7 Å². The SMILES string of the molecule is C=C[C@@H]1[C@]2(C)CCC(=O)[C@@]1(C)[C@@](C)(O)/C2=C\C=O. The number of ketones is 1. The van der Waals surface area contributed by atoms with Gasteiger partial charge in [0.25, 0.3) is 0 Å². The maximum atomic E-state index is 12.3. The van der Waals surface area contributed by atoms with E-state index in [1.165, 1.54) is 6.08 Å². The average Bonchev–Trinajstić information content (AvgIpc) is 2.39. The van der Waals surface area contributed by atoms with Crippen LogP contribution >= 0.6 is 0 Å². The normalized spacial score (nSPS) is 49.4. The van der Waals surface area contributed by atoms with Crippen LogP contribution in [0.2, 0.25) is 0 Å². The molecule has 18 heavy (non-hydrogen) atoms. The Balaban J connectivity index is 2.77. The Morgan fingerprint density at radius 3 is 2.44 bits per heavy atom. The van der Waals surface area contributed by atoms with E-state index in [0.29, 0.717) is 24.7 Å². The fourth-order valence-corrected chi connectivity index (χ4v) is 4.23. The molecule has 2 bridgehead atoms. The monoisotopic (exact) mass is 248 g/mol. The summed E-state index contributed by atoms with van der Waals surface area (Å²) in [6, 6.07) is 0. The highest BCUT2D eigenvalue weighted by molar-refractivity contribution is 5.90. The number of aldehydes is 1. The maximum absolute atomic E-state index is 12.3. The summed E-state index contributed by atoms with van der Waals surface area (Å²) in [5.41, 5.74) is -1.84. The molecule has 3 heteroatoms. The van der Waals surface area contributed by atoms with Gasteiger partial charge in [-0.05, 0) is 37.3 Å². The van der Waals surface area contributed by atoms with Crippen LogP contribution in [0.15, 0.2) is 24.3 Å². The number of carbonyl (C=O) groups is 2. The molecule has 3 nitrogen and oxygen atoms in total. The van der Waals surface area contributed by atoms with Crippen molar-refractivity contribution in [3.8, 4) is 0 Å². The first-order valence-corrected chi connectivity index (χ1v) is 6.31. The van der Waals surface area contributed by atoms with Crippen molar-refractivity contribution in [2.75, 3.05) is 0 Å². The Hall–Kier alpha value is -1.22. The molecule has 0 aromatic carbocycles. The van der Waals surface area contributed by atoms with E-state index in [-0.39, 0.29) is 17.1 Å². The predicted molar refractivity (Wildman–Crippen MR) is 68.9 cm³/mol. The van der Waals surface area contributed by atoms with Crippen molar-refractivity contribution in [3.05, 3.63) is 24.3 Å². The third-order valence-electron chi connectivity index (χ3n) is 5.38. The van der Waals surface area contributed by atoms with Crippen LogP contribution in [0.5, 0.6) is 0 Å². The van der Waals surface area contributed by atoms with Gasteiger partial charge in [0.1, 0.15) is 12.1 Å². The zero-order valence-electron chi connectivity index (χ0n) is 11.2. The second kappa shape index (κ2) is 3.64. The van der Waals surface area contributed by atoms with E-state index in [1.807, 2.05) is 6.92 Å². The van der Waals surface area contributed by atoms with Gasteiger partial charge < -0.3 is 5.11 Å². The molecule has 0 amide bonds. The smallest absolute Gasteiger partial charge is 0.142 e. The number of allylic oxidation sites excluding steroid dienone is 2. The van der Waals surface area contributed by atoms with Gasteiger partial charge in [-0.25, -0.2) is 0 Å². The second-order valence-electron chi connectivity index (χ2n) is 6.05. The van der Waals surface area contributed by atoms with Gasteiger partial charge in [0, 0.05) is 12.3 Å². The summed E-state index contributed by atoms with van der Waals surface area (Å²) in [7, 11) is 0. The molecule has 2 rings (SSSR count). The van der Waals surface area contributed by atoms with Crippen LogP contribution in [0.4, 0.5) is 0 Å². The summed E-state index contributed by atoms with van der Waals surface area (Å²) in [5.74, 6) is -0.0726. The van der Waals surface area contributed by atoms with E-state index >= 15 is 0 Å². The number of aliphatic hydroxyl groups is 1. The maximum Gasteiger partial charge on any atom is 0.142 e. The molecule has 0 aromatic rings. The van der Waals surface area contributed by atoms with Gasteiger partial charge in [-0.3, -0.25) is 9.59 Å². The second-order valence-corrected chi connectivity index (χ2v) is 6.05. The van der Waals surface area contributed by atoms with Gasteiger partial charge in [0.15, 0.2) is 0 Å². The van der Waals surface area contributed by atoms with Crippen molar-refractivity contribution in [1.29, 1.82) is 0 Å². The molecule has 0 heterocycles. The van der Waals surface area contributed by atoms with E-state index in [1.54, 1.807) is 19.9 Å². The van der Waals surface area contributed by atoms with Gasteiger partial charge >= 0.3 is 0 Å². The van der Waals surface area contributed by atoms with Crippen LogP contribution in [0.3, 0.4) is 0 Å². The van der Waals surface area contributed by atoms with Gasteiger partial charge in [-0.1, -0.05) is 13.0 Å². The molecule has 0 aliphatic heterocycles. The third-order valence-corrected chi connectivity index (χ3v) is 5.38. The highest BCUT2D eigenvalue weighted by atomic mass is 16.3. The third kappa shape index (κ3) is 1.18. The summed E-state index contributed by atoms with van der Waals surface area (Å²) in [5, 5.41) is 10.9. The van der Waals surface area contributed by atoms with Gasteiger partial charge in [-0.15, -0.1) is 6.58 Å². The summed E-state index contributed by atoms with van der Waals surface area (Å²) in [6.45, 7) is 9.29. The molecule has 0 radical (unpaired) electrons. The lowest BCUT2D eigenvalue weighted by atomic mass is 9.59. The molecule has 2 aliphatic rings. The molecular formula is C15H20O3. The quantitative estimate of drug-likeness (QED) is 0.462. The summed E-state index contributed by atoms with van der Waals surface area (Å²) >= 11 is 0. The average molecular weight is 248 g/mol. The Bertz CT molecular complexity index is 454. The lowest BCUT2D eigenvalue weighted by Crippen LogP contribution is -2.50. The lowest BCUT2D eigenvalue weighted by molar-refractivity contribution is -0.144. The van der Waals surface area contributed by atoms with E-state index < -0.39 is 11.0 Å². The van der Waals surface area contributed by atoms with Crippen LogP contribution in [0.25, 0.3) is 0 Å². The fourth-order valence-electron chi connectivity index (χ4n) is 4.23. The minimum Gasteiger partial charge on any atom is -0.385 e. The van der Waals surface area contributed by atoms with Crippen LogP contribution in [0.1, 0.15) is 33.6 Å². The molecule has 2 fully saturated rings. The highest BCUT2D eigenvalue weighted by Gasteiger charge is 2.70. The highest BCUT2D eigenvalue weighted by Crippen LogP contribution is 2.67. The van der Waals surface area contributed by atoms with E-state index in [4.69, 9.17) is 0 Å². The van der Waals surface area contributed by atoms with Gasteiger partial charge in [-0.2, -0.15) is 0 Å². The molecule has 0 saturated heterocycles. The summed E-state index contributed by atoms with van der Waals surface area (Å²) in [4.78, 5) is 23.2. The number of hydrogen-bond acceptors (Lipinski definition) is 3. The number of carbonyl (C=O) groups excluding carboxylic acids is 2. The molecule has 0 aromatic heterocycles. The molecule has 4 atom stereocenters. The van der Waals surface area contributed by atoms with Crippen molar-refractivity contribution < 1.29 is 14.7 Å². The van der Waals surface area contributed by atoms with Crippen molar-refractivity contribution in [2.24, 2.45) is 16.7 Å². The Morgan fingerprint density at radius 1 is 1.39 bits per heavy atom. The largest absolute Gasteiger partial charge is 0.385 e. The molecule has 2 saturated carbocycles. The molecule has 2 aliphatic carbocycles. The van der Waals surface area contributed by atoms with E-state index in [2.05, 4.69) is 6.58 Å². The standard InChI is InChI=1S/C15H20O3/c1-5-10-13(2)8-6-12(17)14(10,3)15(4,18)11(13)7-9-16/h5,7,9-10,18H,1,6,8H2,2-4H3/b11-7-/t10-,13+,14+,15+/m1/s1. The van der Waals surface area contributed by atoms with Crippen molar-refractivity contribution in [3.63, 3.8) is 0 Å². The first-order valence-electron chi connectivity index (χ1n) is 6.31. The molecule has 1 N–H and O–H groups in total. The topological polar surface area (TPSA) is 54.4 Å². The minimum absolute atomic E-state index is 0.0594. The lowest BCUT2D eigenvalue weighted by Gasteiger charge is -2.43. The first kappa shape index (κ1) is 13.2. The van der Waals surface area contributed by atoms with Crippen LogP contribution in [-0.4, -0.2) is 22.8 Å². The number of Topliss-reactive ketones (excluding diaryl/α,β-unsaturated/α-hetero) is 1. The summed E-state index contributed by atoms with van der Waals surface area (Å²) < 4.78 is 0. The number of fused-ring (bicyclic) bond motifs is 2. The first-order chi connectivity index (χ1) is 8.26. The molecule has 0 unspecified atom stereocenters. The molecular weight excluding hydrogens is 228 g/mol. The van der Waals surface area contributed by atoms with Crippen molar-refractivity contribution in [2.45, 2.75) is 39.2 Å². The van der Waals surface area contributed by atoms with Crippen LogP contribution in [-0.2, 0) is 9.59 Å². The van der Waals surface area contributed by atoms with Gasteiger partial charge in [0.2, 0.25) is 0 Å². The van der Waals surface area contributed by atoms with Crippen LogP contribution < -0.4 is 0 Å². The zero-order valence-corrected chi connectivity index (χ0v) is 11.2. The number of rotatable bonds is 2. The Kier molecular flexibility index (Phi) is 2.67. The van der Waals surface area contributed by atoms with E-state index in [9.17, 15) is 14.7 Å². The zero-order chi connectivity index (χ0) is 13.8. The molecule has 0 spiro atoms. The Labute approximate surface area is 108 Å². The van der Waals surface area contributed by atoms with Gasteiger partial charge in [0.05, 0.1) is 11.0 Å². The Morgan fingerprint density at radius 2 is 2.00 bits per heavy atom. The van der Waals surface area contributed by atoms with Crippen molar-refractivity contribution in [1.82, 2.24) is 0 Å². The van der Waals surface area contributed by atoms with E-state index in [0.717, 1.165) is 0 Å². The molecule has 98 valence electrons. The van der Waals surface area contributed by atoms with Crippen molar-refractivity contribution >= 4 is 12.1 Å². The summed E-state index contributed by atoms with van der Waals surface area (Å²) in [6.07, 6.45) is 5.00. The fraction of sp³-hybridized carbons (Fsp3) is 0.600. The predicted octanol–water partition coefficient (Wildman–Crippen LogP) is 2.05. The number of hydrogen-bond donors (Lipinski definition) is 1. The minimum atomic E-state index is -1.28.